The Kier molecular flexibility index (Phi) is 5.78. The van der Waals surface area contributed by atoms with E-state index in [9.17, 15) is 9.59 Å². The molecule has 1 aliphatic rings. The number of ether oxygens (including phenoxy) is 1. The molecule has 0 atom stereocenters. The van der Waals surface area contributed by atoms with Crippen LogP contribution in [0.1, 0.15) is 71.6 Å². The zero-order valence-corrected chi connectivity index (χ0v) is 15.8. The summed E-state index contributed by atoms with van der Waals surface area (Å²) in [7, 11) is 0. The highest BCUT2D eigenvalue weighted by atomic mass is 16.5. The fourth-order valence-corrected chi connectivity index (χ4v) is 3.64. The maximum atomic E-state index is 12.8. The van der Waals surface area contributed by atoms with E-state index in [4.69, 9.17) is 10.5 Å². The Balaban J connectivity index is 1.94. The van der Waals surface area contributed by atoms with Crippen molar-refractivity contribution >= 4 is 17.5 Å². The summed E-state index contributed by atoms with van der Waals surface area (Å²) >= 11 is 0. The first kappa shape index (κ1) is 18.9. The number of nitrogens with zero attached hydrogens (tertiary/aromatic N) is 2. The molecule has 1 fully saturated rings. The minimum atomic E-state index is -0.588. The highest BCUT2D eigenvalue weighted by Crippen LogP contribution is 2.32. The molecule has 2 aromatic rings. The summed E-state index contributed by atoms with van der Waals surface area (Å²) in [5, 5.41) is 7.36. The number of carbonyl (C=O) groups excluding carboxylic acids is 2. The van der Waals surface area contributed by atoms with Crippen molar-refractivity contribution in [2.45, 2.75) is 52.0 Å². The monoisotopic (exact) mass is 370 g/mol. The Labute approximate surface area is 158 Å². The summed E-state index contributed by atoms with van der Waals surface area (Å²) < 4.78 is 7.24. The van der Waals surface area contributed by atoms with Gasteiger partial charge in [0.1, 0.15) is 11.4 Å². The van der Waals surface area contributed by atoms with Gasteiger partial charge in [-0.05, 0) is 38.8 Å². The second-order valence-corrected chi connectivity index (χ2v) is 6.79. The molecule has 0 radical (unpaired) electrons. The highest BCUT2D eigenvalue weighted by Gasteiger charge is 2.27. The molecule has 0 saturated heterocycles. The normalized spacial score (nSPS) is 14.7. The number of benzene rings is 1. The Bertz CT molecular complexity index is 838. The number of aromatic nitrogens is 2. The third-order valence-corrected chi connectivity index (χ3v) is 4.91. The van der Waals surface area contributed by atoms with Gasteiger partial charge in [0.25, 0.3) is 11.8 Å². The van der Waals surface area contributed by atoms with Crippen LogP contribution in [0.15, 0.2) is 24.3 Å². The summed E-state index contributed by atoms with van der Waals surface area (Å²) in [6, 6.07) is 7.14. The van der Waals surface area contributed by atoms with Crippen LogP contribution in [0.4, 0.5) is 5.69 Å². The summed E-state index contributed by atoms with van der Waals surface area (Å²) in [5.74, 6) is -0.446. The fourth-order valence-electron chi connectivity index (χ4n) is 3.64. The smallest absolute Gasteiger partial charge is 0.269 e. The minimum absolute atomic E-state index is 0.140. The van der Waals surface area contributed by atoms with Crippen LogP contribution in [0.5, 0.6) is 5.75 Å². The van der Waals surface area contributed by atoms with Gasteiger partial charge in [0.05, 0.1) is 29.6 Å². The number of amides is 2. The SMILES string of the molecule is CCOc1ccccc1C(=O)Nc1c(C)nn(C2CCCCC2)c1C(N)=O. The molecule has 27 heavy (non-hydrogen) atoms. The molecule has 1 aliphatic carbocycles. The number of para-hydroxylation sites is 1. The van der Waals surface area contributed by atoms with Crippen LogP contribution in [-0.2, 0) is 0 Å². The number of anilines is 1. The maximum Gasteiger partial charge on any atom is 0.269 e. The largest absolute Gasteiger partial charge is 0.493 e. The van der Waals surface area contributed by atoms with Crippen molar-refractivity contribution < 1.29 is 14.3 Å². The van der Waals surface area contributed by atoms with E-state index in [1.54, 1.807) is 29.8 Å². The van der Waals surface area contributed by atoms with E-state index >= 15 is 0 Å². The van der Waals surface area contributed by atoms with Crippen LogP contribution in [0, 0.1) is 6.92 Å². The quantitative estimate of drug-likeness (QED) is 0.813. The van der Waals surface area contributed by atoms with Gasteiger partial charge in [-0.2, -0.15) is 5.10 Å². The van der Waals surface area contributed by atoms with E-state index in [1.165, 1.54) is 6.42 Å². The number of primary amides is 1. The molecule has 1 aromatic heterocycles. The number of hydrogen-bond donors (Lipinski definition) is 2. The predicted molar refractivity (Wildman–Crippen MR) is 103 cm³/mol. The zero-order valence-electron chi connectivity index (χ0n) is 15.8. The van der Waals surface area contributed by atoms with Crippen molar-refractivity contribution in [1.29, 1.82) is 0 Å². The van der Waals surface area contributed by atoms with Crippen LogP contribution in [0.3, 0.4) is 0 Å². The summed E-state index contributed by atoms with van der Waals surface area (Å²) in [4.78, 5) is 25.0. The van der Waals surface area contributed by atoms with Gasteiger partial charge in [-0.1, -0.05) is 31.4 Å². The van der Waals surface area contributed by atoms with Crippen molar-refractivity contribution in [3.8, 4) is 5.75 Å². The van der Waals surface area contributed by atoms with Gasteiger partial charge in [0, 0.05) is 0 Å². The molecule has 1 heterocycles. The molecule has 144 valence electrons. The lowest BCUT2D eigenvalue weighted by molar-refractivity contribution is 0.0986. The topological polar surface area (TPSA) is 99.2 Å². The van der Waals surface area contributed by atoms with E-state index in [0.717, 1.165) is 25.7 Å². The number of nitrogens with one attached hydrogen (secondary N) is 1. The van der Waals surface area contributed by atoms with Crippen LogP contribution in [-0.4, -0.2) is 28.2 Å². The Morgan fingerprint density at radius 2 is 1.96 bits per heavy atom. The second-order valence-electron chi connectivity index (χ2n) is 6.79. The first-order valence-electron chi connectivity index (χ1n) is 9.45. The van der Waals surface area contributed by atoms with Crippen molar-refractivity contribution in [1.82, 2.24) is 9.78 Å². The molecule has 2 amide bonds. The van der Waals surface area contributed by atoms with E-state index in [2.05, 4.69) is 10.4 Å². The first-order valence-corrected chi connectivity index (χ1v) is 9.45. The van der Waals surface area contributed by atoms with E-state index in [-0.39, 0.29) is 17.6 Å². The van der Waals surface area contributed by atoms with Crippen molar-refractivity contribution in [2.75, 3.05) is 11.9 Å². The third kappa shape index (κ3) is 3.97. The van der Waals surface area contributed by atoms with Crippen LogP contribution < -0.4 is 15.8 Å². The van der Waals surface area contributed by atoms with E-state index < -0.39 is 5.91 Å². The molecular weight excluding hydrogens is 344 g/mol. The van der Waals surface area contributed by atoms with Gasteiger partial charge in [-0.15, -0.1) is 0 Å². The van der Waals surface area contributed by atoms with E-state index in [0.29, 0.717) is 29.3 Å². The average Bonchev–Trinajstić information content (AvgIpc) is 2.99. The summed E-state index contributed by atoms with van der Waals surface area (Å²) in [5.41, 5.74) is 7.28. The fraction of sp³-hybridized carbons (Fsp3) is 0.450. The predicted octanol–water partition coefficient (Wildman–Crippen LogP) is 3.45. The number of carbonyl (C=O) groups is 2. The third-order valence-electron chi connectivity index (χ3n) is 4.91. The summed E-state index contributed by atoms with van der Waals surface area (Å²) in [6.45, 7) is 4.09. The van der Waals surface area contributed by atoms with Crippen molar-refractivity contribution in [3.63, 3.8) is 0 Å². The molecule has 3 rings (SSSR count). The Morgan fingerprint density at radius 1 is 1.26 bits per heavy atom. The number of nitrogens with two attached hydrogens (primary N) is 1. The molecule has 0 spiro atoms. The van der Waals surface area contributed by atoms with Crippen LogP contribution in [0.25, 0.3) is 0 Å². The number of hydrogen-bond acceptors (Lipinski definition) is 4. The molecular formula is C20H26N4O3. The van der Waals surface area contributed by atoms with Crippen molar-refractivity contribution in [3.05, 3.63) is 41.2 Å². The average molecular weight is 370 g/mol. The van der Waals surface area contributed by atoms with Crippen LogP contribution >= 0.6 is 0 Å². The van der Waals surface area contributed by atoms with Crippen molar-refractivity contribution in [2.24, 2.45) is 5.73 Å². The van der Waals surface area contributed by atoms with Gasteiger partial charge in [0.15, 0.2) is 0 Å². The highest BCUT2D eigenvalue weighted by molar-refractivity contribution is 6.09. The minimum Gasteiger partial charge on any atom is -0.493 e. The standard InChI is InChI=1S/C20H26N4O3/c1-3-27-16-12-8-7-11-15(16)20(26)22-17-13(2)23-24(18(17)19(21)25)14-9-5-4-6-10-14/h7-8,11-12,14H,3-6,9-10H2,1-2H3,(H2,21,25)(H,22,26). The Morgan fingerprint density at radius 3 is 2.63 bits per heavy atom. The molecule has 7 nitrogen and oxygen atoms in total. The second kappa shape index (κ2) is 8.24. The molecule has 0 unspecified atom stereocenters. The lowest BCUT2D eigenvalue weighted by atomic mass is 9.95. The molecule has 0 bridgehead atoms. The van der Waals surface area contributed by atoms with E-state index in [1.807, 2.05) is 13.0 Å². The maximum absolute atomic E-state index is 12.8. The first-order chi connectivity index (χ1) is 13.0. The molecule has 0 aliphatic heterocycles. The van der Waals surface area contributed by atoms with Crippen LogP contribution in [0.2, 0.25) is 0 Å². The van der Waals surface area contributed by atoms with Gasteiger partial charge in [-0.25, -0.2) is 0 Å². The van der Waals surface area contributed by atoms with Gasteiger partial charge < -0.3 is 15.8 Å². The molecule has 1 aromatic carbocycles. The zero-order chi connectivity index (χ0) is 19.4. The lowest BCUT2D eigenvalue weighted by Gasteiger charge is -2.23. The Hall–Kier alpha value is -2.83. The van der Waals surface area contributed by atoms with Gasteiger partial charge in [-0.3, -0.25) is 14.3 Å². The number of rotatable bonds is 6. The lowest BCUT2D eigenvalue weighted by Crippen LogP contribution is -2.24. The molecule has 7 heteroatoms. The molecule has 3 N–H and O–H groups in total. The van der Waals surface area contributed by atoms with Gasteiger partial charge in [0.2, 0.25) is 0 Å². The summed E-state index contributed by atoms with van der Waals surface area (Å²) in [6.07, 6.45) is 5.32. The van der Waals surface area contributed by atoms with Gasteiger partial charge >= 0.3 is 0 Å². The number of aryl methyl sites for hydroxylation is 1. The molecule has 1 saturated carbocycles.